The van der Waals surface area contributed by atoms with Gasteiger partial charge >= 0.3 is 0 Å². The molecule has 0 atom stereocenters. The van der Waals surface area contributed by atoms with Crippen molar-refractivity contribution in [3.05, 3.63) is 34.8 Å². The Kier molecular flexibility index (Phi) is 3.85. The summed E-state index contributed by atoms with van der Waals surface area (Å²) in [6.45, 7) is 2.01. The fourth-order valence-corrected chi connectivity index (χ4v) is 2.14. The number of carbonyl (C=O) groups excluding carboxylic acids is 1. The average Bonchev–Trinajstić information content (AvgIpc) is 2.79. The molecule has 7 heteroatoms. The van der Waals surface area contributed by atoms with Gasteiger partial charge in [0.15, 0.2) is 0 Å². The van der Waals surface area contributed by atoms with Crippen LogP contribution >= 0.6 is 11.3 Å². The average molecular weight is 263 g/mol. The molecule has 1 amide bonds. The maximum atomic E-state index is 11.1. The van der Waals surface area contributed by atoms with Gasteiger partial charge in [0.2, 0.25) is 11.0 Å². The number of benzene rings is 1. The number of anilines is 2. The second-order valence-corrected chi connectivity index (χ2v) is 4.75. The molecule has 0 bridgehead atoms. The largest absolute Gasteiger partial charge is 0.330 e. The quantitative estimate of drug-likeness (QED) is 0.437. The highest BCUT2D eigenvalue weighted by Gasteiger charge is 2.08. The Bertz CT molecular complexity index is 554. The van der Waals surface area contributed by atoms with Gasteiger partial charge in [-0.25, -0.2) is 5.84 Å². The zero-order chi connectivity index (χ0) is 13.0. The summed E-state index contributed by atoms with van der Waals surface area (Å²) < 4.78 is 0. The van der Waals surface area contributed by atoms with Crippen molar-refractivity contribution in [1.29, 1.82) is 0 Å². The topological polar surface area (TPSA) is 92.9 Å². The summed E-state index contributed by atoms with van der Waals surface area (Å²) in [4.78, 5) is 11.1. The Labute approximate surface area is 108 Å². The maximum Gasteiger partial charge on any atom is 0.240 e. The number of amides is 1. The molecule has 0 unspecified atom stereocenters. The molecule has 1 aromatic carbocycles. The number of hydrogen-bond donors (Lipinski definition) is 3. The third-order valence-electron chi connectivity index (χ3n) is 2.33. The maximum absolute atomic E-state index is 11.1. The number of carbonyl (C=O) groups is 1. The fourth-order valence-electron chi connectivity index (χ4n) is 1.39. The number of nitrogens with one attached hydrogen (secondary N) is 2. The lowest BCUT2D eigenvalue weighted by atomic mass is 10.2. The summed E-state index contributed by atoms with van der Waals surface area (Å²) in [5.41, 5.74) is 4.16. The minimum absolute atomic E-state index is 0.142. The minimum Gasteiger partial charge on any atom is -0.330 e. The Morgan fingerprint density at radius 3 is 2.89 bits per heavy atom. The molecular weight excluding hydrogens is 250 g/mol. The smallest absolute Gasteiger partial charge is 0.240 e. The van der Waals surface area contributed by atoms with Crippen LogP contribution in [0.1, 0.15) is 10.6 Å². The van der Waals surface area contributed by atoms with Crippen LogP contribution in [-0.4, -0.2) is 16.1 Å². The molecule has 1 heterocycles. The van der Waals surface area contributed by atoms with Crippen molar-refractivity contribution >= 4 is 28.1 Å². The van der Waals surface area contributed by atoms with Crippen LogP contribution in [0.15, 0.2) is 24.3 Å². The molecule has 4 N–H and O–H groups in total. The predicted octanol–water partition coefficient (Wildman–Crippen LogP) is 1.12. The lowest BCUT2D eigenvalue weighted by Crippen LogP contribution is -2.31. The highest BCUT2D eigenvalue weighted by Crippen LogP contribution is 2.23. The van der Waals surface area contributed by atoms with Crippen molar-refractivity contribution in [3.8, 4) is 0 Å². The molecule has 2 rings (SSSR count). The van der Waals surface area contributed by atoms with Gasteiger partial charge in [-0.15, -0.1) is 10.2 Å². The predicted molar refractivity (Wildman–Crippen MR) is 70.4 cm³/mol. The third kappa shape index (κ3) is 3.02. The number of hydrazine groups is 1. The zero-order valence-corrected chi connectivity index (χ0v) is 10.6. The molecule has 0 saturated carbocycles. The van der Waals surface area contributed by atoms with Gasteiger partial charge < -0.3 is 5.32 Å². The third-order valence-corrected chi connectivity index (χ3v) is 3.16. The first-order valence-corrected chi connectivity index (χ1v) is 6.15. The molecule has 2 aromatic rings. The Morgan fingerprint density at radius 1 is 1.39 bits per heavy atom. The molecule has 0 aliphatic carbocycles. The lowest BCUT2D eigenvalue weighted by Gasteiger charge is -2.04. The van der Waals surface area contributed by atoms with E-state index in [0.29, 0.717) is 10.1 Å². The number of nitrogens with zero attached hydrogens (tertiary/aromatic N) is 2. The Balaban J connectivity index is 2.07. The van der Waals surface area contributed by atoms with E-state index < -0.39 is 0 Å². The van der Waals surface area contributed by atoms with E-state index in [4.69, 9.17) is 5.84 Å². The first-order chi connectivity index (χ1) is 8.69. The van der Waals surface area contributed by atoms with Crippen LogP contribution in [0, 0.1) is 6.92 Å². The number of aromatic nitrogens is 2. The summed E-state index contributed by atoms with van der Waals surface area (Å²) in [5, 5.41) is 12.3. The number of hydrogen-bond acceptors (Lipinski definition) is 6. The number of para-hydroxylation sites is 1. The Hall–Kier alpha value is -1.99. The van der Waals surface area contributed by atoms with Crippen molar-refractivity contribution in [3.63, 3.8) is 0 Å². The van der Waals surface area contributed by atoms with Gasteiger partial charge in [0, 0.05) is 5.69 Å². The molecule has 0 aliphatic rings. The van der Waals surface area contributed by atoms with Gasteiger partial charge in [-0.1, -0.05) is 29.5 Å². The van der Waals surface area contributed by atoms with Crippen LogP contribution < -0.4 is 16.6 Å². The monoisotopic (exact) mass is 263 g/mol. The molecule has 0 spiro atoms. The molecule has 94 valence electrons. The normalized spacial score (nSPS) is 10.1. The molecule has 0 radical (unpaired) electrons. The van der Waals surface area contributed by atoms with E-state index in [1.165, 1.54) is 11.3 Å². The van der Waals surface area contributed by atoms with Crippen molar-refractivity contribution in [2.45, 2.75) is 13.3 Å². The summed E-state index contributed by atoms with van der Waals surface area (Å²) in [7, 11) is 0. The second kappa shape index (κ2) is 5.56. The fraction of sp³-hybridized carbons (Fsp3) is 0.182. The van der Waals surface area contributed by atoms with Gasteiger partial charge in [0.1, 0.15) is 5.01 Å². The zero-order valence-electron chi connectivity index (χ0n) is 9.80. The van der Waals surface area contributed by atoms with Gasteiger partial charge in [-0.3, -0.25) is 10.2 Å². The Morgan fingerprint density at radius 2 is 2.17 bits per heavy atom. The van der Waals surface area contributed by atoms with Gasteiger partial charge in [-0.2, -0.15) is 0 Å². The standard InChI is InChI=1S/C11H13N5OS/c1-7-4-2-3-5-8(7)13-11-16-15-10(18-11)6-9(17)14-12/h2-5H,6,12H2,1H3,(H,13,16)(H,14,17). The summed E-state index contributed by atoms with van der Waals surface area (Å²) >= 11 is 1.33. The van der Waals surface area contributed by atoms with Gasteiger partial charge in [-0.05, 0) is 18.6 Å². The van der Waals surface area contributed by atoms with E-state index in [1.54, 1.807) is 0 Å². The van der Waals surface area contributed by atoms with Crippen LogP contribution in [-0.2, 0) is 11.2 Å². The van der Waals surface area contributed by atoms with Crippen LogP contribution in [0.3, 0.4) is 0 Å². The van der Waals surface area contributed by atoms with Crippen LogP contribution in [0.4, 0.5) is 10.8 Å². The highest BCUT2D eigenvalue weighted by molar-refractivity contribution is 7.15. The van der Waals surface area contributed by atoms with E-state index in [2.05, 4.69) is 20.9 Å². The van der Waals surface area contributed by atoms with E-state index in [-0.39, 0.29) is 12.3 Å². The van der Waals surface area contributed by atoms with E-state index in [0.717, 1.165) is 11.3 Å². The van der Waals surface area contributed by atoms with E-state index in [9.17, 15) is 4.79 Å². The minimum atomic E-state index is -0.284. The van der Waals surface area contributed by atoms with Crippen molar-refractivity contribution in [1.82, 2.24) is 15.6 Å². The van der Waals surface area contributed by atoms with Gasteiger partial charge in [0.05, 0.1) is 6.42 Å². The summed E-state index contributed by atoms with van der Waals surface area (Å²) in [6.07, 6.45) is 0.142. The molecule has 1 aromatic heterocycles. The number of rotatable bonds is 4. The lowest BCUT2D eigenvalue weighted by molar-refractivity contribution is -0.120. The van der Waals surface area contributed by atoms with Crippen molar-refractivity contribution in [2.24, 2.45) is 5.84 Å². The molecular formula is C11H13N5OS. The van der Waals surface area contributed by atoms with E-state index in [1.807, 2.05) is 31.2 Å². The molecule has 0 aliphatic heterocycles. The molecule has 6 nitrogen and oxygen atoms in total. The van der Waals surface area contributed by atoms with Crippen LogP contribution in [0.2, 0.25) is 0 Å². The van der Waals surface area contributed by atoms with Crippen LogP contribution in [0.25, 0.3) is 0 Å². The first kappa shape index (κ1) is 12.5. The molecule has 18 heavy (non-hydrogen) atoms. The number of nitrogens with two attached hydrogens (primary N) is 1. The number of aryl methyl sites for hydroxylation is 1. The van der Waals surface area contributed by atoms with E-state index >= 15 is 0 Å². The van der Waals surface area contributed by atoms with Gasteiger partial charge in [0.25, 0.3) is 0 Å². The van der Waals surface area contributed by atoms with Crippen LogP contribution in [0.5, 0.6) is 0 Å². The molecule has 0 fully saturated rings. The second-order valence-electron chi connectivity index (χ2n) is 3.69. The van der Waals surface area contributed by atoms with Crippen molar-refractivity contribution < 1.29 is 4.79 Å². The van der Waals surface area contributed by atoms with Crippen molar-refractivity contribution in [2.75, 3.05) is 5.32 Å². The first-order valence-electron chi connectivity index (χ1n) is 5.33. The SMILES string of the molecule is Cc1ccccc1Nc1nnc(CC(=O)NN)s1. The molecule has 0 saturated heterocycles. The summed E-state index contributed by atoms with van der Waals surface area (Å²) in [6, 6.07) is 7.88. The highest BCUT2D eigenvalue weighted by atomic mass is 32.1. The summed E-state index contributed by atoms with van der Waals surface area (Å²) in [5.74, 6) is 4.73.